The van der Waals surface area contributed by atoms with Crippen molar-refractivity contribution in [1.82, 2.24) is 0 Å². The molecule has 3 aliphatic carbocycles. The summed E-state index contributed by atoms with van der Waals surface area (Å²) < 4.78 is 11.4. The van der Waals surface area contributed by atoms with Crippen molar-refractivity contribution in [3.8, 4) is 5.75 Å². The molecule has 3 nitrogen and oxygen atoms in total. The minimum atomic E-state index is 0.0203. The average molecular weight is 371 g/mol. The molecule has 0 amide bonds. The minimum Gasteiger partial charge on any atom is -0.497 e. The van der Waals surface area contributed by atoms with Crippen molar-refractivity contribution >= 4 is 5.97 Å². The van der Waals surface area contributed by atoms with Crippen molar-refractivity contribution in [2.75, 3.05) is 7.11 Å². The molecule has 0 heterocycles. The van der Waals surface area contributed by atoms with E-state index in [1.807, 2.05) is 0 Å². The van der Waals surface area contributed by atoms with Gasteiger partial charge in [-0.1, -0.05) is 26.3 Å². The van der Waals surface area contributed by atoms with Crippen LogP contribution in [-0.2, 0) is 16.0 Å². The number of carbonyl (C=O) groups is 1. The molecule has 0 bridgehead atoms. The van der Waals surface area contributed by atoms with Crippen LogP contribution in [0.5, 0.6) is 5.75 Å². The molecule has 0 aromatic heterocycles. The van der Waals surface area contributed by atoms with Crippen LogP contribution >= 0.6 is 0 Å². The van der Waals surface area contributed by atoms with E-state index >= 15 is 0 Å². The topological polar surface area (TPSA) is 35.5 Å². The molecular weight excluding hydrogens is 336 g/mol. The van der Waals surface area contributed by atoms with Gasteiger partial charge in [-0.3, -0.25) is 4.79 Å². The third-order valence-electron chi connectivity index (χ3n) is 7.85. The number of rotatable bonds is 5. The van der Waals surface area contributed by atoms with Crippen molar-refractivity contribution in [1.29, 1.82) is 0 Å². The van der Waals surface area contributed by atoms with Crippen LogP contribution in [0, 0.1) is 17.3 Å². The smallest absolute Gasteiger partial charge is 0.306 e. The first-order chi connectivity index (χ1) is 13.1. The van der Waals surface area contributed by atoms with Gasteiger partial charge in [0, 0.05) is 11.8 Å². The highest BCUT2D eigenvalue weighted by atomic mass is 16.5. The maximum atomic E-state index is 12.2. The Hall–Kier alpha value is -1.51. The minimum absolute atomic E-state index is 0.0203. The number of fused-ring (bicyclic) bond motifs is 5. The maximum Gasteiger partial charge on any atom is 0.306 e. The Morgan fingerprint density at radius 1 is 1.22 bits per heavy atom. The van der Waals surface area contributed by atoms with E-state index in [-0.39, 0.29) is 17.5 Å². The largest absolute Gasteiger partial charge is 0.497 e. The van der Waals surface area contributed by atoms with Crippen molar-refractivity contribution in [3.05, 3.63) is 29.3 Å². The molecule has 0 saturated heterocycles. The number of methoxy groups -OCH3 is 1. The van der Waals surface area contributed by atoms with Crippen molar-refractivity contribution in [2.45, 2.75) is 83.7 Å². The summed E-state index contributed by atoms with van der Waals surface area (Å²) in [6.45, 7) is 4.53. The average Bonchev–Trinajstić information content (AvgIpc) is 3.02. The van der Waals surface area contributed by atoms with E-state index in [9.17, 15) is 4.79 Å². The molecule has 0 unspecified atom stereocenters. The Bertz CT molecular complexity index is 697. The Balaban J connectivity index is 1.51. The number of hydrogen-bond donors (Lipinski definition) is 0. The summed E-state index contributed by atoms with van der Waals surface area (Å²) in [5.41, 5.74) is 3.21. The van der Waals surface area contributed by atoms with Crippen LogP contribution in [0.25, 0.3) is 0 Å². The Morgan fingerprint density at radius 2 is 2.07 bits per heavy atom. The zero-order chi connectivity index (χ0) is 19.0. The van der Waals surface area contributed by atoms with Gasteiger partial charge in [0.05, 0.1) is 7.11 Å². The standard InChI is InChI=1S/C24H34O3/c1-4-5-6-23(25)27-22-12-11-21-20-9-7-16-15-17(26-3)8-10-18(16)19(20)13-14-24(21,22)2/h8,10,15,19-22H,4-7,9,11-14H2,1-3H3/t19-,20-,21+,22-,24+/m1/s1. The van der Waals surface area contributed by atoms with Crippen LogP contribution in [0.3, 0.4) is 0 Å². The fraction of sp³-hybridized carbons (Fsp3) is 0.708. The highest BCUT2D eigenvalue weighted by Gasteiger charge is 2.56. The molecule has 0 N–H and O–H groups in total. The number of aryl methyl sites for hydroxylation is 1. The lowest BCUT2D eigenvalue weighted by Crippen LogP contribution is -2.45. The van der Waals surface area contributed by atoms with Gasteiger partial charge >= 0.3 is 5.97 Å². The summed E-state index contributed by atoms with van der Waals surface area (Å²) in [6.07, 6.45) is 9.79. The zero-order valence-corrected chi connectivity index (χ0v) is 17.1. The second kappa shape index (κ2) is 7.48. The van der Waals surface area contributed by atoms with E-state index < -0.39 is 0 Å². The van der Waals surface area contributed by atoms with Crippen LogP contribution < -0.4 is 4.74 Å². The maximum absolute atomic E-state index is 12.2. The summed E-state index contributed by atoms with van der Waals surface area (Å²) in [7, 11) is 1.75. The Kier molecular flexibility index (Phi) is 5.22. The summed E-state index contributed by atoms with van der Waals surface area (Å²) in [4.78, 5) is 12.2. The van der Waals surface area contributed by atoms with Crippen LogP contribution in [-0.4, -0.2) is 19.2 Å². The zero-order valence-electron chi connectivity index (χ0n) is 17.1. The van der Waals surface area contributed by atoms with Gasteiger partial charge in [-0.25, -0.2) is 0 Å². The van der Waals surface area contributed by atoms with Gasteiger partial charge in [-0.05, 0) is 86.0 Å². The van der Waals surface area contributed by atoms with Gasteiger partial charge in [-0.15, -0.1) is 0 Å². The lowest BCUT2D eigenvalue weighted by molar-refractivity contribution is -0.157. The highest BCUT2D eigenvalue weighted by molar-refractivity contribution is 5.69. The number of carbonyl (C=O) groups excluding carboxylic acids is 1. The Morgan fingerprint density at radius 3 is 2.85 bits per heavy atom. The number of ether oxygens (including phenoxy) is 2. The fourth-order valence-electron chi connectivity index (χ4n) is 6.37. The Labute approximate surface area is 163 Å². The third-order valence-corrected chi connectivity index (χ3v) is 7.85. The molecular formula is C24H34O3. The lowest BCUT2D eigenvalue weighted by atomic mass is 9.55. The van der Waals surface area contributed by atoms with Gasteiger partial charge in [0.2, 0.25) is 0 Å². The molecule has 2 saturated carbocycles. The summed E-state index contributed by atoms with van der Waals surface area (Å²) in [5.74, 6) is 3.10. The summed E-state index contributed by atoms with van der Waals surface area (Å²) >= 11 is 0. The van der Waals surface area contributed by atoms with Gasteiger partial charge in [0.1, 0.15) is 11.9 Å². The van der Waals surface area contributed by atoms with E-state index in [0.717, 1.165) is 37.4 Å². The van der Waals surface area contributed by atoms with Crippen molar-refractivity contribution in [3.63, 3.8) is 0 Å². The number of esters is 1. The SMILES string of the molecule is CCCCC(=O)O[C@@H]1CC[C@H]2[C@@H]3CCc4cc(OC)ccc4[C@H]3CC[C@]12C. The van der Waals surface area contributed by atoms with Gasteiger partial charge < -0.3 is 9.47 Å². The molecule has 27 heavy (non-hydrogen) atoms. The monoisotopic (exact) mass is 370 g/mol. The normalized spacial score (nSPS) is 34.3. The second-order valence-corrected chi connectivity index (χ2v) is 9.18. The van der Waals surface area contributed by atoms with Gasteiger partial charge in [-0.2, -0.15) is 0 Å². The first-order valence-corrected chi connectivity index (χ1v) is 10.9. The van der Waals surface area contributed by atoms with Crippen LogP contribution in [0.2, 0.25) is 0 Å². The molecule has 3 heteroatoms. The predicted molar refractivity (Wildman–Crippen MR) is 107 cm³/mol. The first-order valence-electron chi connectivity index (χ1n) is 10.9. The molecule has 1 aromatic rings. The first kappa shape index (κ1) is 18.8. The summed E-state index contributed by atoms with van der Waals surface area (Å²) in [6, 6.07) is 6.68. The second-order valence-electron chi connectivity index (χ2n) is 9.18. The van der Waals surface area contributed by atoms with Crippen molar-refractivity contribution < 1.29 is 14.3 Å². The molecule has 1 aromatic carbocycles. The molecule has 4 rings (SSSR count). The molecule has 0 spiro atoms. The van der Waals surface area contributed by atoms with Crippen molar-refractivity contribution in [2.24, 2.45) is 17.3 Å². The number of benzene rings is 1. The van der Waals surface area contributed by atoms with E-state index in [0.29, 0.717) is 18.3 Å². The van der Waals surface area contributed by atoms with Gasteiger partial charge in [0.15, 0.2) is 0 Å². The molecule has 148 valence electrons. The van der Waals surface area contributed by atoms with E-state index in [2.05, 4.69) is 32.0 Å². The fourth-order valence-corrected chi connectivity index (χ4v) is 6.37. The van der Waals surface area contributed by atoms with Crippen LogP contribution in [0.4, 0.5) is 0 Å². The molecule has 0 radical (unpaired) electrons. The molecule has 5 atom stereocenters. The molecule has 2 fully saturated rings. The van der Waals surface area contributed by atoms with Crippen LogP contribution in [0.1, 0.15) is 82.3 Å². The quantitative estimate of drug-likeness (QED) is 0.628. The van der Waals surface area contributed by atoms with E-state index in [1.54, 1.807) is 12.7 Å². The number of unbranched alkanes of at least 4 members (excludes halogenated alkanes) is 1. The third kappa shape index (κ3) is 3.28. The highest BCUT2D eigenvalue weighted by Crippen LogP contribution is 2.61. The number of hydrogen-bond acceptors (Lipinski definition) is 3. The van der Waals surface area contributed by atoms with Gasteiger partial charge in [0.25, 0.3) is 0 Å². The molecule has 0 aliphatic heterocycles. The summed E-state index contributed by atoms with van der Waals surface area (Å²) in [5, 5.41) is 0. The van der Waals surface area contributed by atoms with E-state index in [1.165, 1.54) is 31.2 Å². The lowest BCUT2D eigenvalue weighted by Gasteiger charge is -2.50. The molecule has 3 aliphatic rings. The van der Waals surface area contributed by atoms with Crippen LogP contribution in [0.15, 0.2) is 18.2 Å². The predicted octanol–water partition coefficient (Wildman–Crippen LogP) is 5.65. The van der Waals surface area contributed by atoms with E-state index in [4.69, 9.17) is 9.47 Å².